The molecule has 0 spiro atoms. The van der Waals surface area contributed by atoms with E-state index in [4.69, 9.17) is 0 Å². The largest absolute Gasteiger partial charge is 0.285 e. The molecule has 0 saturated carbocycles. The fraction of sp³-hybridized carbons (Fsp3) is 0.333. The summed E-state index contributed by atoms with van der Waals surface area (Å²) in [6.45, 7) is 7.89. The van der Waals surface area contributed by atoms with E-state index in [1.165, 1.54) is 0 Å². The van der Waals surface area contributed by atoms with Crippen LogP contribution >= 0.6 is 0 Å². The first kappa shape index (κ1) is 14.4. The number of rotatable bonds is 3. The molecule has 104 valence electrons. The maximum atomic E-state index is 12.4. The third kappa shape index (κ3) is 3.13. The molecule has 0 aromatic heterocycles. The quantitative estimate of drug-likeness (QED) is 0.614. The Bertz CT molecular complexity index is 613. The number of carbonyl (C=O) groups is 2. The smallest absolute Gasteiger partial charge is 0.233 e. The van der Waals surface area contributed by atoms with Crippen LogP contribution in [-0.4, -0.2) is 11.6 Å². The zero-order valence-corrected chi connectivity index (χ0v) is 12.5. The number of aryl methyl sites for hydroxylation is 2. The third-order valence-electron chi connectivity index (χ3n) is 3.47. The average Bonchev–Trinajstić information content (AvgIpc) is 2.34. The molecule has 0 heterocycles. The van der Waals surface area contributed by atoms with Gasteiger partial charge in [0.15, 0.2) is 0 Å². The monoisotopic (exact) mass is 268 g/mol. The summed E-state index contributed by atoms with van der Waals surface area (Å²) in [7, 11) is 0. The summed E-state index contributed by atoms with van der Waals surface area (Å²) in [6.07, 6.45) is 4.60. The Morgan fingerprint density at radius 3 is 2.15 bits per heavy atom. The van der Waals surface area contributed by atoms with E-state index < -0.39 is 5.78 Å². The van der Waals surface area contributed by atoms with Gasteiger partial charge in [-0.2, -0.15) is 0 Å². The van der Waals surface area contributed by atoms with Crippen molar-refractivity contribution < 1.29 is 9.59 Å². The van der Waals surface area contributed by atoms with Crippen molar-refractivity contribution in [2.75, 3.05) is 0 Å². The van der Waals surface area contributed by atoms with Crippen molar-refractivity contribution in [3.05, 3.63) is 58.2 Å². The highest BCUT2D eigenvalue weighted by Gasteiger charge is 2.23. The zero-order valence-electron chi connectivity index (χ0n) is 12.5. The molecule has 2 nitrogen and oxygen atoms in total. The van der Waals surface area contributed by atoms with Gasteiger partial charge in [-0.25, -0.2) is 0 Å². The molecule has 0 fully saturated rings. The van der Waals surface area contributed by atoms with Crippen LogP contribution in [0.5, 0.6) is 0 Å². The number of allylic oxidation sites excluding steroid dienone is 4. The molecule has 1 aliphatic rings. The third-order valence-corrected chi connectivity index (χ3v) is 3.47. The van der Waals surface area contributed by atoms with Crippen LogP contribution in [0.15, 0.2) is 41.5 Å². The number of Topliss-reactive ketones (excluding diaryl/α,β-unsaturated/α-hetero) is 2. The molecule has 20 heavy (non-hydrogen) atoms. The number of ketones is 2. The standard InChI is InChI=1S/C18H20O2/c1-11-5-12(2)8-15(7-11)17(19)18(20)16-9-13(3)6-14(4)10-16/h5-9,14H,10H2,1-4H3. The van der Waals surface area contributed by atoms with Crippen molar-refractivity contribution in [3.63, 3.8) is 0 Å². The maximum Gasteiger partial charge on any atom is 0.233 e. The van der Waals surface area contributed by atoms with Gasteiger partial charge < -0.3 is 0 Å². The Morgan fingerprint density at radius 1 is 1.00 bits per heavy atom. The number of hydrogen-bond donors (Lipinski definition) is 0. The van der Waals surface area contributed by atoms with Crippen LogP contribution in [0.1, 0.15) is 41.8 Å². The summed E-state index contributed by atoms with van der Waals surface area (Å²) in [5.74, 6) is -0.453. The highest BCUT2D eigenvalue weighted by Crippen LogP contribution is 2.24. The van der Waals surface area contributed by atoms with E-state index >= 15 is 0 Å². The van der Waals surface area contributed by atoms with Gasteiger partial charge in [-0.15, -0.1) is 0 Å². The molecule has 0 bridgehead atoms. The minimum atomic E-state index is -0.398. The molecule has 2 rings (SSSR count). The lowest BCUT2D eigenvalue weighted by Gasteiger charge is -2.16. The van der Waals surface area contributed by atoms with Gasteiger partial charge in [0.05, 0.1) is 0 Å². The highest BCUT2D eigenvalue weighted by atomic mass is 16.2. The average molecular weight is 268 g/mol. The first-order valence-electron chi connectivity index (χ1n) is 6.93. The van der Waals surface area contributed by atoms with E-state index in [-0.39, 0.29) is 5.78 Å². The van der Waals surface area contributed by atoms with Crippen molar-refractivity contribution in [1.82, 2.24) is 0 Å². The van der Waals surface area contributed by atoms with Crippen LogP contribution in [0.2, 0.25) is 0 Å². The molecule has 1 aliphatic carbocycles. The minimum Gasteiger partial charge on any atom is -0.285 e. The predicted molar refractivity (Wildman–Crippen MR) is 80.9 cm³/mol. The number of hydrogen-bond acceptors (Lipinski definition) is 2. The first-order valence-corrected chi connectivity index (χ1v) is 6.93. The predicted octanol–water partition coefficient (Wildman–Crippen LogP) is 3.97. The van der Waals surface area contributed by atoms with Gasteiger partial charge in [-0.3, -0.25) is 9.59 Å². The molecular weight excluding hydrogens is 248 g/mol. The van der Waals surface area contributed by atoms with Crippen molar-refractivity contribution in [3.8, 4) is 0 Å². The van der Waals surface area contributed by atoms with Gasteiger partial charge in [0, 0.05) is 11.1 Å². The van der Waals surface area contributed by atoms with Crippen molar-refractivity contribution >= 4 is 11.6 Å². The molecular formula is C18H20O2. The minimum absolute atomic E-state index is 0.311. The van der Waals surface area contributed by atoms with Crippen LogP contribution in [0.4, 0.5) is 0 Å². The first-order chi connectivity index (χ1) is 9.36. The molecule has 1 aromatic carbocycles. The second-order valence-corrected chi connectivity index (χ2v) is 5.80. The Labute approximate surface area is 120 Å². The second-order valence-electron chi connectivity index (χ2n) is 5.80. The lowest BCUT2D eigenvalue weighted by molar-refractivity contribution is -0.112. The van der Waals surface area contributed by atoms with Crippen LogP contribution in [0.25, 0.3) is 0 Å². The summed E-state index contributed by atoms with van der Waals surface area (Å²) in [6, 6.07) is 5.56. The van der Waals surface area contributed by atoms with Gasteiger partial charge >= 0.3 is 0 Å². The van der Waals surface area contributed by atoms with E-state index in [2.05, 4.69) is 13.0 Å². The van der Waals surface area contributed by atoms with Crippen molar-refractivity contribution in [2.24, 2.45) is 5.92 Å². The number of carbonyl (C=O) groups excluding carboxylic acids is 2. The van der Waals surface area contributed by atoms with Gasteiger partial charge in [-0.05, 0) is 45.2 Å². The molecule has 1 unspecified atom stereocenters. The highest BCUT2D eigenvalue weighted by molar-refractivity contribution is 6.49. The van der Waals surface area contributed by atoms with E-state index in [0.717, 1.165) is 16.7 Å². The summed E-state index contributed by atoms with van der Waals surface area (Å²) >= 11 is 0. The van der Waals surface area contributed by atoms with E-state index in [1.807, 2.05) is 32.9 Å². The van der Waals surface area contributed by atoms with Crippen LogP contribution < -0.4 is 0 Å². The second kappa shape index (κ2) is 5.58. The molecule has 0 N–H and O–H groups in total. The Balaban J connectivity index is 2.30. The topological polar surface area (TPSA) is 34.1 Å². The summed E-state index contributed by atoms with van der Waals surface area (Å²) < 4.78 is 0. The molecule has 0 amide bonds. The lowest BCUT2D eigenvalue weighted by Crippen LogP contribution is -2.19. The van der Waals surface area contributed by atoms with Gasteiger partial charge in [0.25, 0.3) is 0 Å². The van der Waals surface area contributed by atoms with E-state index in [0.29, 0.717) is 23.5 Å². The van der Waals surface area contributed by atoms with E-state index in [1.54, 1.807) is 12.1 Å². The Morgan fingerprint density at radius 2 is 1.60 bits per heavy atom. The normalized spacial score (nSPS) is 18.3. The lowest BCUT2D eigenvalue weighted by atomic mass is 9.87. The summed E-state index contributed by atoms with van der Waals surface area (Å²) in [5, 5.41) is 0. The van der Waals surface area contributed by atoms with Gasteiger partial charge in [-0.1, -0.05) is 41.8 Å². The zero-order chi connectivity index (χ0) is 14.9. The van der Waals surface area contributed by atoms with Crippen LogP contribution in [0, 0.1) is 19.8 Å². The van der Waals surface area contributed by atoms with Crippen molar-refractivity contribution in [1.29, 1.82) is 0 Å². The van der Waals surface area contributed by atoms with Crippen LogP contribution in [0.3, 0.4) is 0 Å². The van der Waals surface area contributed by atoms with Gasteiger partial charge in [0.1, 0.15) is 0 Å². The molecule has 1 atom stereocenters. The fourth-order valence-corrected chi connectivity index (χ4v) is 2.78. The summed E-state index contributed by atoms with van der Waals surface area (Å²) in [4.78, 5) is 24.7. The Hall–Kier alpha value is -1.96. The Kier molecular flexibility index (Phi) is 4.03. The molecule has 1 aromatic rings. The molecule has 0 saturated heterocycles. The van der Waals surface area contributed by atoms with Gasteiger partial charge in [0.2, 0.25) is 11.6 Å². The van der Waals surface area contributed by atoms with E-state index in [9.17, 15) is 9.59 Å². The fourth-order valence-electron chi connectivity index (χ4n) is 2.78. The van der Waals surface area contributed by atoms with Crippen LogP contribution in [-0.2, 0) is 4.79 Å². The molecule has 0 radical (unpaired) electrons. The maximum absolute atomic E-state index is 12.4. The SMILES string of the molecule is CC1=CC(C)CC(C(=O)C(=O)c2cc(C)cc(C)c2)=C1. The van der Waals surface area contributed by atoms with Crippen molar-refractivity contribution in [2.45, 2.75) is 34.1 Å². The summed E-state index contributed by atoms with van der Waals surface area (Å²) in [5.41, 5.74) is 4.18. The number of benzene rings is 1. The molecule has 0 aliphatic heterocycles. The molecule has 2 heteroatoms.